The highest BCUT2D eigenvalue weighted by atomic mass is 32.1. The summed E-state index contributed by atoms with van der Waals surface area (Å²) in [6.45, 7) is 0. The molecule has 5 aromatic carbocycles. The summed E-state index contributed by atoms with van der Waals surface area (Å²) in [4.78, 5) is 10.3. The van der Waals surface area contributed by atoms with Crippen molar-refractivity contribution in [2.24, 2.45) is 0 Å². The topological polar surface area (TPSA) is 30.7 Å². The van der Waals surface area contributed by atoms with E-state index in [9.17, 15) is 0 Å². The maximum Gasteiger partial charge on any atom is 0.160 e. The van der Waals surface area contributed by atoms with Gasteiger partial charge in [0.2, 0.25) is 0 Å². The third-order valence-corrected chi connectivity index (χ3v) is 9.86. The first-order valence-electron chi connectivity index (χ1n) is 15.7. The fourth-order valence-corrected chi connectivity index (χ4v) is 7.45. The predicted octanol–water partition coefficient (Wildman–Crippen LogP) is 11.5. The molecule has 46 heavy (non-hydrogen) atoms. The first-order valence-corrected chi connectivity index (χ1v) is 16.6. The third-order valence-electron chi connectivity index (χ3n) is 8.96. The van der Waals surface area contributed by atoms with Crippen LogP contribution in [-0.4, -0.2) is 14.5 Å². The average Bonchev–Trinajstić information content (AvgIpc) is 3.74. The zero-order chi connectivity index (χ0) is 30.5. The molecule has 0 spiro atoms. The van der Waals surface area contributed by atoms with E-state index in [-0.39, 0.29) is 0 Å². The molecule has 218 valence electrons. The second kappa shape index (κ2) is 11.1. The lowest BCUT2D eigenvalue weighted by atomic mass is 10.00. The molecule has 1 aliphatic carbocycles. The van der Waals surface area contributed by atoms with Gasteiger partial charge in [-0.05, 0) is 94.9 Å². The number of allylic oxidation sites excluding steroid dienone is 4. The number of thiophene rings is 1. The highest BCUT2D eigenvalue weighted by Gasteiger charge is 2.16. The molecule has 3 aromatic heterocycles. The molecule has 3 heterocycles. The van der Waals surface area contributed by atoms with E-state index >= 15 is 0 Å². The van der Waals surface area contributed by atoms with E-state index in [0.717, 1.165) is 46.9 Å². The van der Waals surface area contributed by atoms with Gasteiger partial charge in [0.05, 0.1) is 22.4 Å². The van der Waals surface area contributed by atoms with Crippen LogP contribution in [0.3, 0.4) is 0 Å². The van der Waals surface area contributed by atoms with E-state index in [2.05, 4.69) is 150 Å². The van der Waals surface area contributed by atoms with Crippen LogP contribution in [0.1, 0.15) is 18.5 Å². The monoisotopic (exact) mass is 607 g/mol. The number of aromatic nitrogens is 3. The van der Waals surface area contributed by atoms with Crippen LogP contribution in [0.2, 0.25) is 0 Å². The second-order valence-corrected chi connectivity index (χ2v) is 12.7. The molecular formula is C42H29N3S. The van der Waals surface area contributed by atoms with Crippen LogP contribution in [-0.2, 0) is 0 Å². The normalized spacial score (nSPS) is 13.1. The van der Waals surface area contributed by atoms with Crippen LogP contribution in [0.5, 0.6) is 0 Å². The fourth-order valence-electron chi connectivity index (χ4n) is 6.67. The lowest BCUT2D eigenvalue weighted by molar-refractivity contribution is 1.03. The van der Waals surface area contributed by atoms with Crippen LogP contribution in [0.25, 0.3) is 76.9 Å². The summed E-state index contributed by atoms with van der Waals surface area (Å²) in [7, 11) is 0. The van der Waals surface area contributed by atoms with Gasteiger partial charge in [0.1, 0.15) is 0 Å². The summed E-state index contributed by atoms with van der Waals surface area (Å²) in [6.07, 6.45) is 8.54. The Kier molecular flexibility index (Phi) is 6.46. The number of benzene rings is 5. The highest BCUT2D eigenvalue weighted by Crippen LogP contribution is 2.37. The predicted molar refractivity (Wildman–Crippen MR) is 194 cm³/mol. The number of fused-ring (bicyclic) bond motifs is 4. The smallest absolute Gasteiger partial charge is 0.160 e. The summed E-state index contributed by atoms with van der Waals surface area (Å²) in [5, 5.41) is 5.93. The fraction of sp³-hybridized carbons (Fsp3) is 0.0476. The minimum Gasteiger partial charge on any atom is -0.309 e. The van der Waals surface area contributed by atoms with Crippen molar-refractivity contribution in [3.63, 3.8) is 0 Å². The first-order chi connectivity index (χ1) is 22.8. The van der Waals surface area contributed by atoms with Gasteiger partial charge in [-0.15, -0.1) is 11.3 Å². The summed E-state index contributed by atoms with van der Waals surface area (Å²) < 4.78 is 3.69. The van der Waals surface area contributed by atoms with Crippen molar-refractivity contribution in [1.82, 2.24) is 14.5 Å². The van der Waals surface area contributed by atoms with E-state index in [1.807, 2.05) is 6.07 Å². The van der Waals surface area contributed by atoms with Gasteiger partial charge in [-0.2, -0.15) is 0 Å². The molecule has 0 bridgehead atoms. The molecule has 3 nitrogen and oxygen atoms in total. The van der Waals surface area contributed by atoms with Crippen molar-refractivity contribution in [3.8, 4) is 39.5 Å². The number of nitrogens with zero attached hydrogens (tertiary/aromatic N) is 3. The van der Waals surface area contributed by atoms with Crippen molar-refractivity contribution in [3.05, 3.63) is 157 Å². The first kappa shape index (κ1) is 26.8. The van der Waals surface area contributed by atoms with Crippen molar-refractivity contribution in [2.75, 3.05) is 0 Å². The molecule has 0 unspecified atom stereocenters. The van der Waals surface area contributed by atoms with Crippen molar-refractivity contribution >= 4 is 48.8 Å². The molecule has 8 aromatic rings. The average molecular weight is 608 g/mol. The molecular weight excluding hydrogens is 579 g/mol. The van der Waals surface area contributed by atoms with Gasteiger partial charge < -0.3 is 4.57 Å². The minimum absolute atomic E-state index is 0.737. The summed E-state index contributed by atoms with van der Waals surface area (Å²) >= 11 is 1.79. The van der Waals surface area contributed by atoms with Crippen LogP contribution in [0.4, 0.5) is 0 Å². The van der Waals surface area contributed by atoms with E-state index in [1.54, 1.807) is 11.3 Å². The molecule has 9 rings (SSSR count). The van der Waals surface area contributed by atoms with Gasteiger partial charge in [0, 0.05) is 32.3 Å². The van der Waals surface area contributed by atoms with Crippen LogP contribution in [0, 0.1) is 0 Å². The largest absolute Gasteiger partial charge is 0.309 e. The van der Waals surface area contributed by atoms with Gasteiger partial charge >= 0.3 is 0 Å². The Balaban J connectivity index is 1.20. The maximum atomic E-state index is 5.14. The third kappa shape index (κ3) is 4.66. The van der Waals surface area contributed by atoms with Crippen LogP contribution >= 0.6 is 11.3 Å². The van der Waals surface area contributed by atoms with Gasteiger partial charge in [0.15, 0.2) is 5.82 Å². The SMILES string of the molecule is C1=CCCC(c2cc(-c3ccccc3)nc(-c3cccc(-n4c5ccccc5c5cc(-c6ccc7sccc7c6)ccc54)c3)n2)=C1. The number of rotatable bonds is 5. The number of para-hydroxylation sites is 1. The van der Waals surface area contributed by atoms with Gasteiger partial charge in [-0.3, -0.25) is 0 Å². The summed E-state index contributed by atoms with van der Waals surface area (Å²) in [5.41, 5.74) is 11.2. The molecule has 0 atom stereocenters. The number of hydrogen-bond acceptors (Lipinski definition) is 3. The van der Waals surface area contributed by atoms with E-state index < -0.39 is 0 Å². The Bertz CT molecular complexity index is 2480. The highest BCUT2D eigenvalue weighted by molar-refractivity contribution is 7.17. The van der Waals surface area contributed by atoms with E-state index in [1.165, 1.54) is 48.6 Å². The number of hydrogen-bond donors (Lipinski definition) is 0. The molecule has 4 heteroatoms. The van der Waals surface area contributed by atoms with Gasteiger partial charge in [-0.1, -0.05) is 91.0 Å². The quantitative estimate of drug-likeness (QED) is 0.195. The zero-order valence-electron chi connectivity index (χ0n) is 25.1. The Labute approximate surface area is 271 Å². The van der Waals surface area contributed by atoms with E-state index in [0.29, 0.717) is 0 Å². The van der Waals surface area contributed by atoms with Crippen molar-refractivity contribution in [1.29, 1.82) is 0 Å². The molecule has 0 N–H and O–H groups in total. The Morgan fingerprint density at radius 1 is 0.587 bits per heavy atom. The van der Waals surface area contributed by atoms with Crippen molar-refractivity contribution in [2.45, 2.75) is 12.8 Å². The maximum absolute atomic E-state index is 5.14. The zero-order valence-corrected chi connectivity index (χ0v) is 25.9. The molecule has 0 fully saturated rings. The van der Waals surface area contributed by atoms with Crippen LogP contribution in [0.15, 0.2) is 151 Å². The Morgan fingerprint density at radius 3 is 2.30 bits per heavy atom. The molecule has 0 radical (unpaired) electrons. The standard InChI is InChI=1S/C42H29N3S/c1-3-10-28(11-4-1)37-27-38(29-12-5-2-6-13-29)44-42(43-37)33-14-9-15-34(25-33)45-39-17-8-7-16-35(39)36-26-31(18-20-40(36)45)30-19-21-41-32(24-30)22-23-46-41/h1-5,7-12,14-27H,6,13H2. The molecule has 0 aliphatic heterocycles. The lowest BCUT2D eigenvalue weighted by Gasteiger charge is -2.14. The van der Waals surface area contributed by atoms with E-state index in [4.69, 9.17) is 9.97 Å². The molecule has 0 saturated heterocycles. The molecule has 0 saturated carbocycles. The Hall–Kier alpha value is -5.58. The van der Waals surface area contributed by atoms with Gasteiger partial charge in [0.25, 0.3) is 0 Å². The summed E-state index contributed by atoms with van der Waals surface area (Å²) in [6, 6.07) is 45.7. The lowest BCUT2D eigenvalue weighted by Crippen LogP contribution is -2.00. The van der Waals surface area contributed by atoms with Gasteiger partial charge in [-0.25, -0.2) is 9.97 Å². The van der Waals surface area contributed by atoms with Crippen LogP contribution < -0.4 is 0 Å². The molecule has 0 amide bonds. The Morgan fingerprint density at radius 2 is 1.39 bits per heavy atom. The summed E-state index contributed by atoms with van der Waals surface area (Å²) in [5.74, 6) is 0.737. The molecule has 1 aliphatic rings. The second-order valence-electron chi connectivity index (χ2n) is 11.8. The van der Waals surface area contributed by atoms with Crippen molar-refractivity contribution < 1.29 is 0 Å². The minimum atomic E-state index is 0.737.